The van der Waals surface area contributed by atoms with Crippen LogP contribution in [-0.4, -0.2) is 17.6 Å². The van der Waals surface area contributed by atoms with Crippen molar-refractivity contribution >= 4 is 11.6 Å². The lowest BCUT2D eigenvalue weighted by Gasteiger charge is -2.20. The molecule has 2 aliphatic rings. The van der Waals surface area contributed by atoms with Crippen LogP contribution in [0, 0.1) is 17.8 Å². The zero-order valence-corrected chi connectivity index (χ0v) is 11.1. The molecule has 1 aromatic rings. The molecule has 2 bridgehead atoms. The van der Waals surface area contributed by atoms with Gasteiger partial charge in [-0.3, -0.25) is 4.79 Å². The van der Waals surface area contributed by atoms with Gasteiger partial charge in [-0.05, 0) is 55.2 Å². The maximum Gasteiger partial charge on any atom is 0.227 e. The minimum atomic E-state index is 0.164. The first kappa shape index (κ1) is 12.7. The summed E-state index contributed by atoms with van der Waals surface area (Å²) in [6.07, 6.45) is 5.57. The fourth-order valence-electron chi connectivity index (χ4n) is 3.68. The first-order valence-electron chi connectivity index (χ1n) is 7.27. The van der Waals surface area contributed by atoms with E-state index in [4.69, 9.17) is 5.11 Å². The number of amides is 1. The van der Waals surface area contributed by atoms with Gasteiger partial charge in [-0.1, -0.05) is 18.6 Å². The lowest BCUT2D eigenvalue weighted by atomic mass is 9.88. The minimum absolute atomic E-state index is 0.164. The Labute approximate surface area is 114 Å². The van der Waals surface area contributed by atoms with Crippen molar-refractivity contribution in [3.05, 3.63) is 29.8 Å². The van der Waals surface area contributed by atoms with Gasteiger partial charge in [0.2, 0.25) is 5.91 Å². The molecular weight excluding hydrogens is 238 g/mol. The summed E-state index contributed by atoms with van der Waals surface area (Å²) in [5, 5.41) is 11.9. The average Bonchev–Trinajstić information content (AvgIpc) is 3.04. The second-order valence-corrected chi connectivity index (χ2v) is 5.94. The molecule has 19 heavy (non-hydrogen) atoms. The van der Waals surface area contributed by atoms with Gasteiger partial charge in [0, 0.05) is 18.2 Å². The average molecular weight is 259 g/mol. The Kier molecular flexibility index (Phi) is 3.56. The predicted molar refractivity (Wildman–Crippen MR) is 74.8 cm³/mol. The Balaban J connectivity index is 1.60. The number of rotatable bonds is 4. The molecule has 2 aliphatic carbocycles. The van der Waals surface area contributed by atoms with E-state index in [-0.39, 0.29) is 18.4 Å². The summed E-state index contributed by atoms with van der Waals surface area (Å²) in [4.78, 5) is 12.3. The van der Waals surface area contributed by atoms with Crippen LogP contribution < -0.4 is 5.32 Å². The molecule has 3 nitrogen and oxygen atoms in total. The lowest BCUT2D eigenvalue weighted by Crippen LogP contribution is -2.27. The summed E-state index contributed by atoms with van der Waals surface area (Å²) in [6.45, 7) is 0.164. The number of carbonyl (C=O) groups excluding carboxylic acids is 1. The van der Waals surface area contributed by atoms with E-state index in [0.29, 0.717) is 12.3 Å². The summed E-state index contributed by atoms with van der Waals surface area (Å²) in [5.74, 6) is 1.85. The number of aliphatic hydroxyl groups excluding tert-OH is 1. The van der Waals surface area contributed by atoms with Gasteiger partial charge in [0.25, 0.3) is 0 Å². The van der Waals surface area contributed by atoms with Crippen molar-refractivity contribution in [2.75, 3.05) is 11.9 Å². The third kappa shape index (κ3) is 2.66. The topological polar surface area (TPSA) is 49.3 Å². The zero-order valence-electron chi connectivity index (χ0n) is 11.1. The van der Waals surface area contributed by atoms with Crippen molar-refractivity contribution < 1.29 is 9.90 Å². The fourth-order valence-corrected chi connectivity index (χ4v) is 3.68. The third-order valence-corrected chi connectivity index (χ3v) is 4.70. The summed E-state index contributed by atoms with van der Waals surface area (Å²) in [5.41, 5.74) is 1.97. The van der Waals surface area contributed by atoms with Crippen molar-refractivity contribution in [3.8, 4) is 0 Å². The molecule has 102 valence electrons. The molecule has 2 N–H and O–H groups in total. The summed E-state index contributed by atoms with van der Waals surface area (Å²) < 4.78 is 0. The lowest BCUT2D eigenvalue weighted by molar-refractivity contribution is -0.121. The van der Waals surface area contributed by atoms with Crippen LogP contribution in [0.25, 0.3) is 0 Å². The zero-order chi connectivity index (χ0) is 13.2. The van der Waals surface area contributed by atoms with Crippen molar-refractivity contribution in [2.45, 2.75) is 32.1 Å². The minimum Gasteiger partial charge on any atom is -0.396 e. The summed E-state index contributed by atoms with van der Waals surface area (Å²) in [7, 11) is 0. The predicted octanol–water partition coefficient (Wildman–Crippen LogP) is 2.60. The van der Waals surface area contributed by atoms with Gasteiger partial charge in [-0.2, -0.15) is 0 Å². The van der Waals surface area contributed by atoms with E-state index < -0.39 is 0 Å². The highest BCUT2D eigenvalue weighted by atomic mass is 16.2. The SMILES string of the molecule is O=C(Nc1ccc(CCO)cc1)C1CC2CCC1C2. The molecule has 0 aliphatic heterocycles. The fraction of sp³-hybridized carbons (Fsp3) is 0.562. The van der Waals surface area contributed by atoms with Gasteiger partial charge in [0.05, 0.1) is 0 Å². The maximum absolute atomic E-state index is 12.3. The largest absolute Gasteiger partial charge is 0.396 e. The normalized spacial score (nSPS) is 28.6. The molecule has 1 amide bonds. The van der Waals surface area contributed by atoms with Crippen LogP contribution in [0.3, 0.4) is 0 Å². The number of nitrogens with one attached hydrogen (secondary N) is 1. The first-order valence-corrected chi connectivity index (χ1v) is 7.27. The molecule has 0 heterocycles. The number of anilines is 1. The van der Waals surface area contributed by atoms with E-state index in [2.05, 4.69) is 5.32 Å². The highest BCUT2D eigenvalue weighted by Crippen LogP contribution is 2.48. The molecule has 2 fully saturated rings. The Morgan fingerprint density at radius 1 is 1.21 bits per heavy atom. The number of aliphatic hydroxyl groups is 1. The second kappa shape index (κ2) is 5.33. The highest BCUT2D eigenvalue weighted by molar-refractivity contribution is 5.93. The molecule has 0 saturated heterocycles. The molecule has 1 aromatic carbocycles. The van der Waals surface area contributed by atoms with Gasteiger partial charge in [-0.25, -0.2) is 0 Å². The summed E-state index contributed by atoms with van der Waals surface area (Å²) in [6, 6.07) is 7.78. The molecule has 3 rings (SSSR count). The Morgan fingerprint density at radius 2 is 2.00 bits per heavy atom. The van der Waals surface area contributed by atoms with Crippen molar-refractivity contribution in [1.29, 1.82) is 0 Å². The monoisotopic (exact) mass is 259 g/mol. The Hall–Kier alpha value is -1.35. The van der Waals surface area contributed by atoms with Crippen molar-refractivity contribution in [1.82, 2.24) is 0 Å². The second-order valence-electron chi connectivity index (χ2n) is 5.94. The molecule has 0 radical (unpaired) electrons. The van der Waals surface area contributed by atoms with Crippen LogP contribution in [0.1, 0.15) is 31.2 Å². The van der Waals surface area contributed by atoms with Crippen LogP contribution in [0.4, 0.5) is 5.69 Å². The molecule has 0 spiro atoms. The number of carbonyl (C=O) groups is 1. The van der Waals surface area contributed by atoms with Crippen LogP contribution in [-0.2, 0) is 11.2 Å². The van der Waals surface area contributed by atoms with Crippen molar-refractivity contribution in [3.63, 3.8) is 0 Å². The van der Waals surface area contributed by atoms with Gasteiger partial charge >= 0.3 is 0 Å². The standard InChI is InChI=1S/C16H21NO2/c18-8-7-11-2-5-14(6-3-11)17-16(19)15-10-12-1-4-13(15)9-12/h2-3,5-6,12-13,15,18H,1,4,7-10H2,(H,17,19). The van der Waals surface area contributed by atoms with Gasteiger partial charge < -0.3 is 10.4 Å². The van der Waals surface area contributed by atoms with E-state index in [1.807, 2.05) is 24.3 Å². The molecule has 2 saturated carbocycles. The Bertz CT molecular complexity index is 454. The number of hydrogen-bond donors (Lipinski definition) is 2. The highest BCUT2D eigenvalue weighted by Gasteiger charge is 2.42. The van der Waals surface area contributed by atoms with E-state index >= 15 is 0 Å². The van der Waals surface area contributed by atoms with Crippen LogP contribution >= 0.6 is 0 Å². The smallest absolute Gasteiger partial charge is 0.227 e. The first-order chi connectivity index (χ1) is 9.26. The van der Waals surface area contributed by atoms with E-state index in [9.17, 15) is 4.79 Å². The summed E-state index contributed by atoms with van der Waals surface area (Å²) >= 11 is 0. The molecule has 3 atom stereocenters. The van der Waals surface area contributed by atoms with Crippen molar-refractivity contribution in [2.24, 2.45) is 17.8 Å². The molecular formula is C16H21NO2. The van der Waals surface area contributed by atoms with Crippen LogP contribution in [0.5, 0.6) is 0 Å². The third-order valence-electron chi connectivity index (χ3n) is 4.70. The quantitative estimate of drug-likeness (QED) is 0.873. The van der Waals surface area contributed by atoms with Crippen LogP contribution in [0.15, 0.2) is 24.3 Å². The van der Waals surface area contributed by atoms with Gasteiger partial charge in [0.15, 0.2) is 0 Å². The Morgan fingerprint density at radius 3 is 2.58 bits per heavy atom. The molecule has 0 aromatic heterocycles. The number of fused-ring (bicyclic) bond motifs is 2. The molecule has 3 heteroatoms. The van der Waals surface area contributed by atoms with Gasteiger partial charge in [-0.15, -0.1) is 0 Å². The van der Waals surface area contributed by atoms with E-state index in [1.165, 1.54) is 19.3 Å². The van der Waals surface area contributed by atoms with E-state index in [0.717, 1.165) is 23.6 Å². The van der Waals surface area contributed by atoms with Gasteiger partial charge in [0.1, 0.15) is 0 Å². The number of hydrogen-bond acceptors (Lipinski definition) is 2. The van der Waals surface area contributed by atoms with E-state index in [1.54, 1.807) is 0 Å². The molecule has 3 unspecified atom stereocenters. The van der Waals surface area contributed by atoms with Crippen LogP contribution in [0.2, 0.25) is 0 Å². The number of benzene rings is 1. The maximum atomic E-state index is 12.3.